The second kappa shape index (κ2) is 6.62. The number of ether oxygens (including phenoxy) is 1. The van der Waals surface area contributed by atoms with Gasteiger partial charge >= 0.3 is 0 Å². The summed E-state index contributed by atoms with van der Waals surface area (Å²) < 4.78 is 5.76. The van der Waals surface area contributed by atoms with E-state index in [0.29, 0.717) is 18.9 Å². The molecular formula is C14H23NO2. The van der Waals surface area contributed by atoms with Gasteiger partial charge in [-0.05, 0) is 36.5 Å². The van der Waals surface area contributed by atoms with E-state index in [1.807, 2.05) is 13.0 Å². The van der Waals surface area contributed by atoms with Crippen molar-refractivity contribution in [1.29, 1.82) is 0 Å². The molecule has 0 heterocycles. The van der Waals surface area contributed by atoms with Crippen LogP contribution in [0.2, 0.25) is 0 Å². The molecule has 0 aliphatic rings. The van der Waals surface area contributed by atoms with Gasteiger partial charge in [0.25, 0.3) is 0 Å². The molecule has 0 saturated carbocycles. The van der Waals surface area contributed by atoms with Crippen LogP contribution < -0.4 is 10.5 Å². The van der Waals surface area contributed by atoms with Gasteiger partial charge in [-0.3, -0.25) is 0 Å². The van der Waals surface area contributed by atoms with Crippen LogP contribution in [0, 0.1) is 6.92 Å². The van der Waals surface area contributed by atoms with Gasteiger partial charge in [-0.1, -0.05) is 26.0 Å². The molecule has 0 bridgehead atoms. The average Bonchev–Trinajstić information content (AvgIpc) is 2.26. The van der Waals surface area contributed by atoms with Crippen LogP contribution in [-0.2, 0) is 0 Å². The Bertz CT molecular complexity index is 350. The van der Waals surface area contributed by atoms with Crippen LogP contribution in [0.4, 0.5) is 0 Å². The van der Waals surface area contributed by atoms with Gasteiger partial charge in [-0.15, -0.1) is 0 Å². The lowest BCUT2D eigenvalue weighted by Gasteiger charge is -2.17. The van der Waals surface area contributed by atoms with E-state index in [1.165, 1.54) is 11.1 Å². The Morgan fingerprint density at radius 1 is 1.35 bits per heavy atom. The zero-order valence-electron chi connectivity index (χ0n) is 10.9. The zero-order chi connectivity index (χ0) is 12.8. The van der Waals surface area contributed by atoms with E-state index in [2.05, 4.69) is 26.0 Å². The molecule has 1 rings (SSSR count). The van der Waals surface area contributed by atoms with Crippen molar-refractivity contribution in [3.63, 3.8) is 0 Å². The Labute approximate surface area is 104 Å². The topological polar surface area (TPSA) is 55.5 Å². The van der Waals surface area contributed by atoms with Gasteiger partial charge in [-0.25, -0.2) is 0 Å². The number of aliphatic hydroxyl groups is 1. The fraction of sp³-hybridized carbons (Fsp3) is 0.571. The Kier molecular flexibility index (Phi) is 5.45. The van der Waals surface area contributed by atoms with E-state index >= 15 is 0 Å². The third-order valence-corrected chi connectivity index (χ3v) is 2.74. The predicted molar refractivity (Wildman–Crippen MR) is 70.4 cm³/mol. The molecule has 1 atom stereocenters. The van der Waals surface area contributed by atoms with Crippen molar-refractivity contribution in [3.8, 4) is 5.75 Å². The van der Waals surface area contributed by atoms with Crippen molar-refractivity contribution in [1.82, 2.24) is 0 Å². The fourth-order valence-corrected chi connectivity index (χ4v) is 1.69. The normalized spacial score (nSPS) is 12.8. The number of benzene rings is 1. The third kappa shape index (κ3) is 4.36. The number of nitrogens with two attached hydrogens (primary N) is 1. The van der Waals surface area contributed by atoms with Crippen molar-refractivity contribution in [2.45, 2.75) is 39.2 Å². The molecule has 1 aromatic rings. The fourth-order valence-electron chi connectivity index (χ4n) is 1.69. The molecule has 1 unspecified atom stereocenters. The molecule has 1 aromatic carbocycles. The highest BCUT2D eigenvalue weighted by Crippen LogP contribution is 2.27. The van der Waals surface area contributed by atoms with Gasteiger partial charge in [-0.2, -0.15) is 0 Å². The van der Waals surface area contributed by atoms with Gasteiger partial charge in [0.15, 0.2) is 0 Å². The van der Waals surface area contributed by atoms with Crippen LogP contribution in [0.15, 0.2) is 18.2 Å². The molecule has 0 spiro atoms. The largest absolute Gasteiger partial charge is 0.492 e. The standard InChI is InChI=1S/C14H23NO2/c1-10(2)13-5-4-11(3)8-14(13)17-9-12(15)6-7-16/h4-5,8,10,12,16H,6-7,9,15H2,1-3H3. The minimum atomic E-state index is -0.111. The summed E-state index contributed by atoms with van der Waals surface area (Å²) in [6.07, 6.45) is 0.572. The van der Waals surface area contributed by atoms with Gasteiger partial charge in [0.1, 0.15) is 12.4 Å². The third-order valence-electron chi connectivity index (χ3n) is 2.74. The maximum Gasteiger partial charge on any atom is 0.123 e. The average molecular weight is 237 g/mol. The summed E-state index contributed by atoms with van der Waals surface area (Å²) in [4.78, 5) is 0. The minimum Gasteiger partial charge on any atom is -0.492 e. The number of rotatable bonds is 6. The number of aliphatic hydroxyl groups excluding tert-OH is 1. The SMILES string of the molecule is Cc1ccc(C(C)C)c(OCC(N)CCO)c1. The van der Waals surface area contributed by atoms with Crippen molar-refractivity contribution in [2.75, 3.05) is 13.2 Å². The van der Waals surface area contributed by atoms with Crippen molar-refractivity contribution in [3.05, 3.63) is 29.3 Å². The van der Waals surface area contributed by atoms with Gasteiger partial charge in [0.05, 0.1) is 0 Å². The van der Waals surface area contributed by atoms with E-state index in [1.54, 1.807) is 0 Å². The molecule has 0 fully saturated rings. The van der Waals surface area contributed by atoms with Gasteiger partial charge in [0.2, 0.25) is 0 Å². The lowest BCUT2D eigenvalue weighted by Crippen LogP contribution is -2.29. The second-order valence-electron chi connectivity index (χ2n) is 4.78. The second-order valence-corrected chi connectivity index (χ2v) is 4.78. The molecule has 0 aromatic heterocycles. The van der Waals surface area contributed by atoms with Crippen molar-refractivity contribution in [2.24, 2.45) is 5.73 Å². The summed E-state index contributed by atoms with van der Waals surface area (Å²) in [5.74, 6) is 1.34. The summed E-state index contributed by atoms with van der Waals surface area (Å²) in [6.45, 7) is 6.89. The number of aryl methyl sites for hydroxylation is 1. The molecule has 0 aliphatic carbocycles. The highest BCUT2D eigenvalue weighted by molar-refractivity contribution is 5.39. The summed E-state index contributed by atoms with van der Waals surface area (Å²) >= 11 is 0. The van der Waals surface area contributed by atoms with Crippen LogP contribution >= 0.6 is 0 Å². The molecule has 96 valence electrons. The first-order chi connectivity index (χ1) is 8.04. The molecule has 3 nitrogen and oxygen atoms in total. The van der Waals surface area contributed by atoms with Crippen LogP contribution in [-0.4, -0.2) is 24.4 Å². The smallest absolute Gasteiger partial charge is 0.123 e. The maximum absolute atomic E-state index is 8.79. The molecule has 3 heteroatoms. The van der Waals surface area contributed by atoms with Gasteiger partial charge < -0.3 is 15.6 Å². The molecule has 0 saturated heterocycles. The lowest BCUT2D eigenvalue weighted by atomic mass is 10.0. The molecule has 0 amide bonds. The summed E-state index contributed by atoms with van der Waals surface area (Å²) in [5, 5.41) is 8.79. The van der Waals surface area contributed by atoms with Crippen molar-refractivity contribution >= 4 is 0 Å². The first-order valence-electron chi connectivity index (χ1n) is 6.14. The van der Waals surface area contributed by atoms with E-state index < -0.39 is 0 Å². The van der Waals surface area contributed by atoms with Crippen LogP contribution in [0.5, 0.6) is 5.75 Å². The molecule has 0 radical (unpaired) electrons. The summed E-state index contributed by atoms with van der Waals surface area (Å²) in [7, 11) is 0. The quantitative estimate of drug-likeness (QED) is 0.797. The van der Waals surface area contributed by atoms with E-state index in [9.17, 15) is 0 Å². The highest BCUT2D eigenvalue weighted by atomic mass is 16.5. The zero-order valence-corrected chi connectivity index (χ0v) is 10.9. The number of hydrogen-bond donors (Lipinski definition) is 2. The Morgan fingerprint density at radius 3 is 2.65 bits per heavy atom. The molecule has 17 heavy (non-hydrogen) atoms. The van der Waals surface area contributed by atoms with E-state index in [-0.39, 0.29) is 12.6 Å². The summed E-state index contributed by atoms with van der Waals surface area (Å²) in [5.41, 5.74) is 8.19. The predicted octanol–water partition coefficient (Wildman–Crippen LogP) is 2.21. The first kappa shape index (κ1) is 14.0. The van der Waals surface area contributed by atoms with Crippen molar-refractivity contribution < 1.29 is 9.84 Å². The molecule has 0 aliphatic heterocycles. The minimum absolute atomic E-state index is 0.107. The Hall–Kier alpha value is -1.06. The lowest BCUT2D eigenvalue weighted by molar-refractivity contribution is 0.232. The van der Waals surface area contributed by atoms with E-state index in [4.69, 9.17) is 15.6 Å². The maximum atomic E-state index is 8.79. The van der Waals surface area contributed by atoms with Gasteiger partial charge in [0, 0.05) is 12.6 Å². The van der Waals surface area contributed by atoms with Crippen LogP contribution in [0.1, 0.15) is 37.3 Å². The number of hydrogen-bond acceptors (Lipinski definition) is 3. The van der Waals surface area contributed by atoms with Crippen LogP contribution in [0.25, 0.3) is 0 Å². The molecular weight excluding hydrogens is 214 g/mol. The first-order valence-corrected chi connectivity index (χ1v) is 6.14. The highest BCUT2D eigenvalue weighted by Gasteiger charge is 2.09. The van der Waals surface area contributed by atoms with E-state index in [0.717, 1.165) is 5.75 Å². The Morgan fingerprint density at radius 2 is 2.06 bits per heavy atom. The summed E-state index contributed by atoms with van der Waals surface area (Å²) in [6, 6.07) is 6.13. The Balaban J connectivity index is 2.71. The van der Waals surface area contributed by atoms with Crippen LogP contribution in [0.3, 0.4) is 0 Å². The monoisotopic (exact) mass is 237 g/mol. The molecule has 3 N–H and O–H groups in total.